The predicted molar refractivity (Wildman–Crippen MR) is 71.4 cm³/mol. The zero-order valence-electron chi connectivity index (χ0n) is 9.80. The van der Waals surface area contributed by atoms with Crippen molar-refractivity contribution < 1.29 is 4.79 Å². The smallest absolute Gasteiger partial charge is 0.230 e. The largest absolute Gasteiger partial charge is 0.330 e. The number of nitrogens with two attached hydrogens (primary N) is 1. The second-order valence-electron chi connectivity index (χ2n) is 3.75. The van der Waals surface area contributed by atoms with Gasteiger partial charge in [0.2, 0.25) is 11.0 Å². The Morgan fingerprint density at radius 2 is 2.06 bits per heavy atom. The van der Waals surface area contributed by atoms with Gasteiger partial charge >= 0.3 is 0 Å². The molecule has 0 bridgehead atoms. The number of anilines is 1. The minimum atomic E-state index is -0.0864. The van der Waals surface area contributed by atoms with Crippen LogP contribution in [0.1, 0.15) is 10.6 Å². The van der Waals surface area contributed by atoms with Crippen molar-refractivity contribution in [1.82, 2.24) is 10.2 Å². The van der Waals surface area contributed by atoms with Crippen LogP contribution in [-0.4, -0.2) is 22.6 Å². The highest BCUT2D eigenvalue weighted by Crippen LogP contribution is 2.15. The summed E-state index contributed by atoms with van der Waals surface area (Å²) in [6, 6.07) is 9.57. The molecule has 0 fully saturated rings. The summed E-state index contributed by atoms with van der Waals surface area (Å²) < 4.78 is 0. The van der Waals surface area contributed by atoms with E-state index in [2.05, 4.69) is 15.5 Å². The van der Waals surface area contributed by atoms with E-state index in [1.807, 2.05) is 30.3 Å². The third kappa shape index (κ3) is 3.61. The highest BCUT2D eigenvalue weighted by Gasteiger charge is 2.08. The molecule has 2 rings (SSSR count). The number of benzene rings is 1. The van der Waals surface area contributed by atoms with Crippen molar-refractivity contribution >= 4 is 22.4 Å². The van der Waals surface area contributed by atoms with Crippen LogP contribution >= 0.6 is 11.3 Å². The SMILES string of the molecule is NCCc1nnc(NC(=O)Cc2ccccc2)s1. The van der Waals surface area contributed by atoms with Gasteiger partial charge in [0.25, 0.3) is 0 Å². The molecule has 0 saturated heterocycles. The summed E-state index contributed by atoms with van der Waals surface area (Å²) in [6.45, 7) is 0.534. The van der Waals surface area contributed by atoms with Crippen molar-refractivity contribution in [2.75, 3.05) is 11.9 Å². The van der Waals surface area contributed by atoms with Crippen LogP contribution in [0.25, 0.3) is 0 Å². The number of carbonyl (C=O) groups excluding carboxylic acids is 1. The van der Waals surface area contributed by atoms with Crippen LogP contribution in [0.2, 0.25) is 0 Å². The molecule has 0 spiro atoms. The summed E-state index contributed by atoms with van der Waals surface area (Å²) in [6.07, 6.45) is 1.03. The lowest BCUT2D eigenvalue weighted by Gasteiger charge is -2.00. The van der Waals surface area contributed by atoms with E-state index in [1.54, 1.807) is 0 Å². The van der Waals surface area contributed by atoms with E-state index in [0.29, 0.717) is 24.5 Å². The fourth-order valence-electron chi connectivity index (χ4n) is 1.47. The maximum atomic E-state index is 11.8. The number of carbonyl (C=O) groups is 1. The van der Waals surface area contributed by atoms with Gasteiger partial charge in [0, 0.05) is 6.42 Å². The highest BCUT2D eigenvalue weighted by atomic mass is 32.1. The quantitative estimate of drug-likeness (QED) is 0.849. The number of nitrogens with one attached hydrogen (secondary N) is 1. The van der Waals surface area contributed by atoms with Gasteiger partial charge in [-0.05, 0) is 12.1 Å². The Bertz CT molecular complexity index is 512. The summed E-state index contributed by atoms with van der Waals surface area (Å²) in [5.74, 6) is -0.0864. The molecule has 3 N–H and O–H groups in total. The summed E-state index contributed by atoms with van der Waals surface area (Å²) in [7, 11) is 0. The Hall–Kier alpha value is -1.79. The maximum Gasteiger partial charge on any atom is 0.230 e. The molecular weight excluding hydrogens is 248 g/mol. The lowest BCUT2D eigenvalue weighted by molar-refractivity contribution is -0.115. The average Bonchev–Trinajstić information content (AvgIpc) is 2.78. The topological polar surface area (TPSA) is 80.9 Å². The van der Waals surface area contributed by atoms with E-state index in [0.717, 1.165) is 10.6 Å². The van der Waals surface area contributed by atoms with E-state index in [-0.39, 0.29) is 5.91 Å². The van der Waals surface area contributed by atoms with E-state index in [9.17, 15) is 4.79 Å². The van der Waals surface area contributed by atoms with Gasteiger partial charge in [-0.2, -0.15) is 0 Å². The monoisotopic (exact) mass is 262 g/mol. The molecule has 18 heavy (non-hydrogen) atoms. The fourth-order valence-corrected chi connectivity index (χ4v) is 2.24. The third-order valence-corrected chi connectivity index (χ3v) is 3.18. The molecule has 0 aliphatic heterocycles. The first-order valence-corrected chi connectivity index (χ1v) is 6.46. The molecule has 1 aromatic heterocycles. The number of amides is 1. The summed E-state index contributed by atoms with van der Waals surface area (Å²) >= 11 is 1.36. The molecule has 0 radical (unpaired) electrons. The van der Waals surface area contributed by atoms with Gasteiger partial charge in [-0.25, -0.2) is 0 Å². The van der Waals surface area contributed by atoms with Gasteiger partial charge in [-0.15, -0.1) is 10.2 Å². The molecule has 0 aliphatic rings. The third-order valence-electron chi connectivity index (χ3n) is 2.28. The van der Waals surface area contributed by atoms with Gasteiger partial charge in [-0.3, -0.25) is 4.79 Å². The Balaban J connectivity index is 1.90. The minimum absolute atomic E-state index is 0.0864. The van der Waals surface area contributed by atoms with Crippen LogP contribution < -0.4 is 11.1 Å². The average molecular weight is 262 g/mol. The van der Waals surface area contributed by atoms with Gasteiger partial charge in [-0.1, -0.05) is 41.7 Å². The zero-order chi connectivity index (χ0) is 12.8. The first kappa shape index (κ1) is 12.7. The Morgan fingerprint density at radius 3 is 2.78 bits per heavy atom. The molecule has 6 heteroatoms. The van der Waals surface area contributed by atoms with Gasteiger partial charge < -0.3 is 11.1 Å². The van der Waals surface area contributed by atoms with Crippen molar-refractivity contribution in [1.29, 1.82) is 0 Å². The molecule has 2 aromatic rings. The standard InChI is InChI=1S/C12H14N4OS/c13-7-6-11-15-16-12(18-11)14-10(17)8-9-4-2-1-3-5-9/h1-5H,6-8,13H2,(H,14,16,17). The minimum Gasteiger partial charge on any atom is -0.330 e. The van der Waals surface area contributed by atoms with Crippen LogP contribution in [-0.2, 0) is 17.6 Å². The van der Waals surface area contributed by atoms with E-state index >= 15 is 0 Å². The molecule has 94 valence electrons. The van der Waals surface area contributed by atoms with Crippen LogP contribution in [0, 0.1) is 0 Å². The molecule has 1 aromatic carbocycles. The molecule has 0 saturated carbocycles. The van der Waals surface area contributed by atoms with Crippen LogP contribution in [0.4, 0.5) is 5.13 Å². The zero-order valence-corrected chi connectivity index (χ0v) is 10.6. The Labute approximate surface area is 109 Å². The number of hydrogen-bond donors (Lipinski definition) is 2. The fraction of sp³-hybridized carbons (Fsp3) is 0.250. The highest BCUT2D eigenvalue weighted by molar-refractivity contribution is 7.15. The van der Waals surface area contributed by atoms with Crippen molar-refractivity contribution in [3.63, 3.8) is 0 Å². The van der Waals surface area contributed by atoms with Crippen molar-refractivity contribution in [2.45, 2.75) is 12.8 Å². The lowest BCUT2D eigenvalue weighted by Crippen LogP contribution is -2.14. The van der Waals surface area contributed by atoms with Crippen molar-refractivity contribution in [3.8, 4) is 0 Å². The maximum absolute atomic E-state index is 11.8. The van der Waals surface area contributed by atoms with Crippen LogP contribution in [0.5, 0.6) is 0 Å². The summed E-state index contributed by atoms with van der Waals surface area (Å²) in [4.78, 5) is 11.8. The Morgan fingerprint density at radius 1 is 1.28 bits per heavy atom. The van der Waals surface area contributed by atoms with Gasteiger partial charge in [0.15, 0.2) is 0 Å². The normalized spacial score (nSPS) is 10.3. The molecule has 5 nitrogen and oxygen atoms in total. The van der Waals surface area contributed by atoms with Crippen LogP contribution in [0.15, 0.2) is 30.3 Å². The Kier molecular flexibility index (Phi) is 4.38. The molecular formula is C12H14N4OS. The van der Waals surface area contributed by atoms with Crippen molar-refractivity contribution in [2.24, 2.45) is 5.73 Å². The molecule has 1 heterocycles. The molecule has 0 atom stereocenters. The second-order valence-corrected chi connectivity index (χ2v) is 4.81. The van der Waals surface area contributed by atoms with E-state index in [1.165, 1.54) is 11.3 Å². The number of nitrogens with zero attached hydrogens (tertiary/aromatic N) is 2. The second kappa shape index (κ2) is 6.23. The molecule has 0 unspecified atom stereocenters. The first-order valence-electron chi connectivity index (χ1n) is 5.64. The number of aromatic nitrogens is 2. The predicted octanol–water partition coefficient (Wildman–Crippen LogP) is 1.22. The number of hydrogen-bond acceptors (Lipinski definition) is 5. The van der Waals surface area contributed by atoms with Gasteiger partial charge in [0.1, 0.15) is 5.01 Å². The van der Waals surface area contributed by atoms with Crippen LogP contribution in [0.3, 0.4) is 0 Å². The summed E-state index contributed by atoms with van der Waals surface area (Å²) in [5, 5.41) is 11.9. The summed E-state index contributed by atoms with van der Waals surface area (Å²) in [5.41, 5.74) is 6.40. The van der Waals surface area contributed by atoms with E-state index in [4.69, 9.17) is 5.73 Å². The van der Waals surface area contributed by atoms with Gasteiger partial charge in [0.05, 0.1) is 6.42 Å². The molecule has 1 amide bonds. The lowest BCUT2D eigenvalue weighted by atomic mass is 10.1. The van der Waals surface area contributed by atoms with E-state index < -0.39 is 0 Å². The number of rotatable bonds is 5. The van der Waals surface area contributed by atoms with Crippen molar-refractivity contribution in [3.05, 3.63) is 40.9 Å². The first-order chi connectivity index (χ1) is 8.78. The molecule has 0 aliphatic carbocycles.